The van der Waals surface area contributed by atoms with Crippen LogP contribution in [0.25, 0.3) is 0 Å². The van der Waals surface area contributed by atoms with Crippen LogP contribution in [0.1, 0.15) is 25.7 Å². The van der Waals surface area contributed by atoms with E-state index in [1.807, 2.05) is 0 Å². The molecule has 0 aliphatic carbocycles. The molecule has 0 aliphatic rings. The molecule has 82 valence electrons. The van der Waals surface area contributed by atoms with Gasteiger partial charge in [-0.2, -0.15) is 0 Å². The molecular weight excluding hydrogens is 176 g/mol. The zero-order chi connectivity index (χ0) is 10.6. The Morgan fingerprint density at radius 2 is 1.57 bits per heavy atom. The number of hydrogen-bond acceptors (Lipinski definition) is 2. The van der Waals surface area contributed by atoms with Gasteiger partial charge in [0.25, 0.3) is 0 Å². The smallest absolute Gasteiger partial charge is 0.0932 e. The van der Waals surface area contributed by atoms with E-state index in [0.717, 1.165) is 26.1 Å². The fourth-order valence-electron chi connectivity index (χ4n) is 1.15. The molecule has 0 spiro atoms. The maximum Gasteiger partial charge on any atom is 0.0932 e. The average Bonchev–Trinajstić information content (AvgIpc) is 2.22. The SMILES string of the molecule is C=CC(C=C)OCCCCCCOC. The van der Waals surface area contributed by atoms with Crippen molar-refractivity contribution in [3.8, 4) is 0 Å². The Morgan fingerprint density at radius 1 is 1.00 bits per heavy atom. The maximum atomic E-state index is 5.48. The van der Waals surface area contributed by atoms with Crippen molar-refractivity contribution in [3.63, 3.8) is 0 Å². The summed E-state index contributed by atoms with van der Waals surface area (Å²) in [6.45, 7) is 8.97. The first-order valence-corrected chi connectivity index (χ1v) is 5.20. The Labute approximate surface area is 87.6 Å². The zero-order valence-electron chi connectivity index (χ0n) is 9.21. The van der Waals surface area contributed by atoms with Gasteiger partial charge in [0.15, 0.2) is 0 Å². The molecule has 0 amide bonds. The van der Waals surface area contributed by atoms with Gasteiger partial charge < -0.3 is 9.47 Å². The van der Waals surface area contributed by atoms with Crippen LogP contribution >= 0.6 is 0 Å². The third kappa shape index (κ3) is 8.02. The molecule has 0 bridgehead atoms. The molecule has 0 aromatic rings. The lowest BCUT2D eigenvalue weighted by molar-refractivity contribution is 0.111. The number of rotatable bonds is 10. The first-order chi connectivity index (χ1) is 6.85. The van der Waals surface area contributed by atoms with Gasteiger partial charge in [-0.15, -0.1) is 13.2 Å². The highest BCUT2D eigenvalue weighted by molar-refractivity contribution is 4.93. The zero-order valence-corrected chi connectivity index (χ0v) is 9.21. The average molecular weight is 198 g/mol. The highest BCUT2D eigenvalue weighted by Gasteiger charge is 1.96. The van der Waals surface area contributed by atoms with Gasteiger partial charge in [-0.1, -0.05) is 25.0 Å². The number of ether oxygens (including phenoxy) is 2. The standard InChI is InChI=1S/C12H22O2/c1-4-12(5-2)14-11-9-7-6-8-10-13-3/h4-5,12H,1-2,6-11H2,3H3. The molecule has 0 atom stereocenters. The van der Waals surface area contributed by atoms with Crippen LogP contribution < -0.4 is 0 Å². The molecule has 0 aromatic carbocycles. The van der Waals surface area contributed by atoms with Crippen LogP contribution in [0.2, 0.25) is 0 Å². The van der Waals surface area contributed by atoms with Crippen molar-refractivity contribution in [2.24, 2.45) is 0 Å². The molecular formula is C12H22O2. The van der Waals surface area contributed by atoms with Crippen molar-refractivity contribution in [1.29, 1.82) is 0 Å². The van der Waals surface area contributed by atoms with E-state index in [0.29, 0.717) is 0 Å². The quantitative estimate of drug-likeness (QED) is 0.397. The molecule has 0 saturated heterocycles. The summed E-state index contributed by atoms with van der Waals surface area (Å²) in [4.78, 5) is 0. The van der Waals surface area contributed by atoms with E-state index in [2.05, 4.69) is 13.2 Å². The van der Waals surface area contributed by atoms with Gasteiger partial charge in [0.2, 0.25) is 0 Å². The minimum Gasteiger partial charge on any atom is -0.385 e. The number of unbranched alkanes of at least 4 members (excludes halogenated alkanes) is 3. The van der Waals surface area contributed by atoms with Crippen LogP contribution in [-0.4, -0.2) is 26.4 Å². The summed E-state index contributed by atoms with van der Waals surface area (Å²) in [7, 11) is 1.74. The molecule has 0 fully saturated rings. The third-order valence-electron chi connectivity index (χ3n) is 2.02. The summed E-state index contributed by atoms with van der Waals surface area (Å²) in [6.07, 6.45) is 8.18. The first kappa shape index (κ1) is 13.4. The summed E-state index contributed by atoms with van der Waals surface area (Å²) in [6, 6.07) is 0. The second-order valence-electron chi connectivity index (χ2n) is 3.21. The minimum atomic E-state index is 0.00831. The highest BCUT2D eigenvalue weighted by Crippen LogP contribution is 2.02. The summed E-state index contributed by atoms with van der Waals surface area (Å²) in [5.74, 6) is 0. The Bertz CT molecular complexity index is 135. The molecule has 0 radical (unpaired) electrons. The van der Waals surface area contributed by atoms with Gasteiger partial charge in [-0.25, -0.2) is 0 Å². The van der Waals surface area contributed by atoms with Crippen LogP contribution in [-0.2, 0) is 9.47 Å². The summed E-state index contributed by atoms with van der Waals surface area (Å²) >= 11 is 0. The lowest BCUT2D eigenvalue weighted by Gasteiger charge is -2.08. The largest absolute Gasteiger partial charge is 0.385 e. The second-order valence-corrected chi connectivity index (χ2v) is 3.21. The van der Waals surface area contributed by atoms with Gasteiger partial charge in [0.05, 0.1) is 6.10 Å². The fourth-order valence-corrected chi connectivity index (χ4v) is 1.15. The van der Waals surface area contributed by atoms with Crippen molar-refractivity contribution >= 4 is 0 Å². The maximum absolute atomic E-state index is 5.48. The molecule has 0 saturated carbocycles. The van der Waals surface area contributed by atoms with Crippen molar-refractivity contribution in [2.45, 2.75) is 31.8 Å². The first-order valence-electron chi connectivity index (χ1n) is 5.20. The van der Waals surface area contributed by atoms with Crippen molar-refractivity contribution < 1.29 is 9.47 Å². The van der Waals surface area contributed by atoms with Crippen molar-refractivity contribution in [2.75, 3.05) is 20.3 Å². The Balaban J connectivity index is 3.12. The van der Waals surface area contributed by atoms with E-state index < -0.39 is 0 Å². The predicted molar refractivity (Wildman–Crippen MR) is 60.5 cm³/mol. The van der Waals surface area contributed by atoms with Gasteiger partial charge in [-0.3, -0.25) is 0 Å². The molecule has 2 nitrogen and oxygen atoms in total. The minimum absolute atomic E-state index is 0.00831. The van der Waals surface area contributed by atoms with Crippen LogP contribution in [0.5, 0.6) is 0 Å². The van der Waals surface area contributed by atoms with Gasteiger partial charge >= 0.3 is 0 Å². The Kier molecular flexibility index (Phi) is 10.0. The summed E-state index contributed by atoms with van der Waals surface area (Å²) < 4.78 is 10.4. The molecule has 0 aromatic heterocycles. The fraction of sp³-hybridized carbons (Fsp3) is 0.667. The highest BCUT2D eigenvalue weighted by atomic mass is 16.5. The number of hydrogen-bond donors (Lipinski definition) is 0. The Hall–Kier alpha value is -0.600. The summed E-state index contributed by atoms with van der Waals surface area (Å²) in [5.41, 5.74) is 0. The second kappa shape index (κ2) is 10.5. The normalized spacial score (nSPS) is 10.4. The lowest BCUT2D eigenvalue weighted by atomic mass is 10.2. The van der Waals surface area contributed by atoms with Crippen molar-refractivity contribution in [3.05, 3.63) is 25.3 Å². The van der Waals surface area contributed by atoms with Gasteiger partial charge in [-0.05, 0) is 12.8 Å². The molecule has 2 heteroatoms. The van der Waals surface area contributed by atoms with Gasteiger partial charge in [0.1, 0.15) is 0 Å². The molecule has 0 heterocycles. The summed E-state index contributed by atoms with van der Waals surface area (Å²) in [5, 5.41) is 0. The Morgan fingerprint density at radius 3 is 2.07 bits per heavy atom. The van der Waals surface area contributed by atoms with Crippen LogP contribution in [0.3, 0.4) is 0 Å². The van der Waals surface area contributed by atoms with Crippen molar-refractivity contribution in [1.82, 2.24) is 0 Å². The number of methoxy groups -OCH3 is 1. The van der Waals surface area contributed by atoms with E-state index in [1.165, 1.54) is 12.8 Å². The van der Waals surface area contributed by atoms with Crippen LogP contribution in [0.4, 0.5) is 0 Å². The molecule has 0 unspecified atom stereocenters. The van der Waals surface area contributed by atoms with Crippen LogP contribution in [0, 0.1) is 0 Å². The van der Waals surface area contributed by atoms with E-state index in [4.69, 9.17) is 9.47 Å². The van der Waals surface area contributed by atoms with Crippen LogP contribution in [0.15, 0.2) is 25.3 Å². The van der Waals surface area contributed by atoms with E-state index >= 15 is 0 Å². The topological polar surface area (TPSA) is 18.5 Å². The van der Waals surface area contributed by atoms with E-state index in [1.54, 1.807) is 19.3 Å². The van der Waals surface area contributed by atoms with E-state index in [-0.39, 0.29) is 6.10 Å². The van der Waals surface area contributed by atoms with Gasteiger partial charge in [0, 0.05) is 20.3 Å². The molecule has 0 N–H and O–H groups in total. The molecule has 0 aliphatic heterocycles. The third-order valence-corrected chi connectivity index (χ3v) is 2.02. The molecule has 0 rings (SSSR count). The predicted octanol–water partition coefficient (Wildman–Crippen LogP) is 2.95. The lowest BCUT2D eigenvalue weighted by Crippen LogP contribution is -2.06. The molecule has 14 heavy (non-hydrogen) atoms. The van der Waals surface area contributed by atoms with E-state index in [9.17, 15) is 0 Å². The monoisotopic (exact) mass is 198 g/mol.